The van der Waals surface area contributed by atoms with E-state index in [0.29, 0.717) is 11.6 Å². The summed E-state index contributed by atoms with van der Waals surface area (Å²) in [6.45, 7) is 0.400. The maximum Gasteiger partial charge on any atom is 0.244 e. The second kappa shape index (κ2) is 9.38. The standard InChI is InChI=1S/C22H23ClN2O2/c23-19-11-8-16(9-12-19)10-13-21(26)24-15-17-4-3-7-20(14-17)25-22(27)18-5-1-2-6-18/h3-4,7-14,18H,1-2,5-6,15H2,(H,24,26)(H,25,27). The average molecular weight is 383 g/mol. The molecule has 27 heavy (non-hydrogen) atoms. The SMILES string of the molecule is O=C(C=Cc1ccc(Cl)cc1)NCc1cccc(NC(=O)C2CCCC2)c1. The number of carbonyl (C=O) groups is 2. The minimum absolute atomic E-state index is 0.0968. The zero-order valence-corrected chi connectivity index (χ0v) is 15.8. The van der Waals surface area contributed by atoms with Crippen LogP contribution in [-0.4, -0.2) is 11.8 Å². The number of halogens is 1. The molecule has 0 heterocycles. The number of anilines is 1. The Balaban J connectivity index is 1.50. The average Bonchev–Trinajstić information content (AvgIpc) is 3.21. The number of rotatable bonds is 6. The van der Waals surface area contributed by atoms with Crippen molar-refractivity contribution in [1.29, 1.82) is 0 Å². The molecule has 0 saturated heterocycles. The van der Waals surface area contributed by atoms with Crippen LogP contribution in [0.25, 0.3) is 6.08 Å². The Kier molecular flexibility index (Phi) is 6.66. The fourth-order valence-corrected chi connectivity index (χ4v) is 3.31. The van der Waals surface area contributed by atoms with Gasteiger partial charge in [0, 0.05) is 29.2 Å². The van der Waals surface area contributed by atoms with Crippen LogP contribution >= 0.6 is 11.6 Å². The van der Waals surface area contributed by atoms with E-state index in [0.717, 1.165) is 42.5 Å². The Morgan fingerprint density at radius 1 is 1.07 bits per heavy atom. The van der Waals surface area contributed by atoms with Gasteiger partial charge in [-0.05, 0) is 54.3 Å². The van der Waals surface area contributed by atoms with Gasteiger partial charge in [-0.3, -0.25) is 9.59 Å². The first-order valence-corrected chi connectivity index (χ1v) is 9.59. The van der Waals surface area contributed by atoms with Crippen LogP contribution in [0.2, 0.25) is 5.02 Å². The van der Waals surface area contributed by atoms with Crippen LogP contribution in [0.3, 0.4) is 0 Å². The first-order valence-electron chi connectivity index (χ1n) is 9.21. The molecule has 0 bridgehead atoms. The molecule has 5 heteroatoms. The van der Waals surface area contributed by atoms with E-state index in [1.54, 1.807) is 18.2 Å². The highest BCUT2D eigenvalue weighted by molar-refractivity contribution is 6.30. The number of hydrogen-bond donors (Lipinski definition) is 2. The number of hydrogen-bond acceptors (Lipinski definition) is 2. The van der Waals surface area contributed by atoms with Crippen molar-refractivity contribution in [3.05, 3.63) is 70.8 Å². The summed E-state index contributed by atoms with van der Waals surface area (Å²) in [5.41, 5.74) is 2.62. The molecule has 2 amide bonds. The normalized spacial score (nSPS) is 14.4. The highest BCUT2D eigenvalue weighted by Gasteiger charge is 2.22. The lowest BCUT2D eigenvalue weighted by Crippen LogP contribution is -2.21. The molecule has 0 spiro atoms. The highest BCUT2D eigenvalue weighted by Crippen LogP contribution is 2.26. The van der Waals surface area contributed by atoms with Crippen molar-refractivity contribution in [3.63, 3.8) is 0 Å². The fourth-order valence-electron chi connectivity index (χ4n) is 3.19. The predicted molar refractivity (Wildman–Crippen MR) is 109 cm³/mol. The summed E-state index contributed by atoms with van der Waals surface area (Å²) in [6, 6.07) is 14.8. The van der Waals surface area contributed by atoms with Crippen LogP contribution < -0.4 is 10.6 Å². The molecule has 1 aliphatic carbocycles. The molecular weight excluding hydrogens is 360 g/mol. The molecule has 0 aromatic heterocycles. The summed E-state index contributed by atoms with van der Waals surface area (Å²) >= 11 is 5.84. The third kappa shape index (κ3) is 5.97. The largest absolute Gasteiger partial charge is 0.348 e. The van der Waals surface area contributed by atoms with Crippen molar-refractivity contribution < 1.29 is 9.59 Å². The topological polar surface area (TPSA) is 58.2 Å². The molecule has 1 fully saturated rings. The van der Waals surface area contributed by atoms with Gasteiger partial charge < -0.3 is 10.6 Å². The first-order chi connectivity index (χ1) is 13.1. The van der Waals surface area contributed by atoms with Crippen LogP contribution in [0.4, 0.5) is 5.69 Å². The van der Waals surface area contributed by atoms with Gasteiger partial charge >= 0.3 is 0 Å². The summed E-state index contributed by atoms with van der Waals surface area (Å²) in [6.07, 6.45) is 7.45. The Hall–Kier alpha value is -2.59. The Morgan fingerprint density at radius 3 is 2.56 bits per heavy atom. The van der Waals surface area contributed by atoms with E-state index in [2.05, 4.69) is 10.6 Å². The van der Waals surface area contributed by atoms with Crippen molar-refractivity contribution in [1.82, 2.24) is 5.32 Å². The molecule has 0 radical (unpaired) electrons. The Bertz CT molecular complexity index is 824. The van der Waals surface area contributed by atoms with Gasteiger partial charge in [-0.15, -0.1) is 0 Å². The summed E-state index contributed by atoms with van der Waals surface area (Å²) < 4.78 is 0. The molecule has 2 N–H and O–H groups in total. The summed E-state index contributed by atoms with van der Waals surface area (Å²) in [5, 5.41) is 6.50. The van der Waals surface area contributed by atoms with Crippen LogP contribution in [0.1, 0.15) is 36.8 Å². The van der Waals surface area contributed by atoms with Gasteiger partial charge in [0.25, 0.3) is 0 Å². The lowest BCUT2D eigenvalue weighted by atomic mass is 10.1. The van der Waals surface area contributed by atoms with Gasteiger partial charge in [-0.25, -0.2) is 0 Å². The van der Waals surface area contributed by atoms with E-state index in [1.807, 2.05) is 36.4 Å². The molecule has 2 aromatic carbocycles. The number of amides is 2. The molecule has 140 valence electrons. The number of nitrogens with one attached hydrogen (secondary N) is 2. The van der Waals surface area contributed by atoms with E-state index in [-0.39, 0.29) is 17.7 Å². The van der Waals surface area contributed by atoms with E-state index in [4.69, 9.17) is 11.6 Å². The maximum atomic E-state index is 12.2. The highest BCUT2D eigenvalue weighted by atomic mass is 35.5. The van der Waals surface area contributed by atoms with Crippen molar-refractivity contribution in [2.75, 3.05) is 5.32 Å². The number of carbonyl (C=O) groups excluding carboxylic acids is 2. The van der Waals surface area contributed by atoms with Gasteiger partial charge in [0.1, 0.15) is 0 Å². The summed E-state index contributed by atoms with van der Waals surface area (Å²) in [4.78, 5) is 24.2. The molecule has 2 aromatic rings. The molecule has 0 unspecified atom stereocenters. The van der Waals surface area contributed by atoms with Gasteiger partial charge in [-0.1, -0.05) is 48.7 Å². The summed E-state index contributed by atoms with van der Waals surface area (Å²) in [5.74, 6) is 0.0521. The molecule has 1 aliphatic rings. The second-order valence-electron chi connectivity index (χ2n) is 6.77. The van der Waals surface area contributed by atoms with Crippen LogP contribution in [-0.2, 0) is 16.1 Å². The van der Waals surface area contributed by atoms with Crippen molar-refractivity contribution in [2.45, 2.75) is 32.2 Å². The van der Waals surface area contributed by atoms with Crippen LogP contribution in [0.5, 0.6) is 0 Å². The first kappa shape index (κ1) is 19.2. The zero-order chi connectivity index (χ0) is 19.1. The maximum absolute atomic E-state index is 12.2. The van der Waals surface area contributed by atoms with Gasteiger partial charge in [0.2, 0.25) is 11.8 Å². The van der Waals surface area contributed by atoms with Crippen LogP contribution in [0, 0.1) is 5.92 Å². The molecular formula is C22H23ClN2O2. The van der Waals surface area contributed by atoms with Gasteiger partial charge in [0.15, 0.2) is 0 Å². The lowest BCUT2D eigenvalue weighted by Gasteiger charge is -2.11. The van der Waals surface area contributed by atoms with Gasteiger partial charge in [0.05, 0.1) is 0 Å². The van der Waals surface area contributed by atoms with Crippen molar-refractivity contribution >= 4 is 35.2 Å². The quantitative estimate of drug-likeness (QED) is 0.705. The Labute approximate surface area is 164 Å². The smallest absolute Gasteiger partial charge is 0.244 e. The Morgan fingerprint density at radius 2 is 1.81 bits per heavy atom. The van der Waals surface area contributed by atoms with E-state index in [9.17, 15) is 9.59 Å². The molecule has 0 atom stereocenters. The minimum atomic E-state index is -0.176. The van der Waals surface area contributed by atoms with E-state index < -0.39 is 0 Å². The predicted octanol–water partition coefficient (Wildman–Crippen LogP) is 4.80. The molecule has 3 rings (SSSR count). The van der Waals surface area contributed by atoms with Crippen molar-refractivity contribution in [3.8, 4) is 0 Å². The third-order valence-corrected chi connectivity index (χ3v) is 4.94. The number of benzene rings is 2. The summed E-state index contributed by atoms with van der Waals surface area (Å²) in [7, 11) is 0. The van der Waals surface area contributed by atoms with Gasteiger partial charge in [-0.2, -0.15) is 0 Å². The monoisotopic (exact) mass is 382 g/mol. The minimum Gasteiger partial charge on any atom is -0.348 e. The molecule has 4 nitrogen and oxygen atoms in total. The zero-order valence-electron chi connectivity index (χ0n) is 15.1. The van der Waals surface area contributed by atoms with Crippen molar-refractivity contribution in [2.24, 2.45) is 5.92 Å². The third-order valence-electron chi connectivity index (χ3n) is 4.68. The lowest BCUT2D eigenvalue weighted by molar-refractivity contribution is -0.119. The van der Waals surface area contributed by atoms with E-state index in [1.165, 1.54) is 6.08 Å². The van der Waals surface area contributed by atoms with Crippen LogP contribution in [0.15, 0.2) is 54.6 Å². The molecule has 0 aliphatic heterocycles. The second-order valence-corrected chi connectivity index (χ2v) is 7.21. The van der Waals surface area contributed by atoms with E-state index >= 15 is 0 Å². The molecule has 1 saturated carbocycles. The fraction of sp³-hybridized carbons (Fsp3) is 0.273.